The Labute approximate surface area is 229 Å². The Balaban J connectivity index is 2.17. The van der Waals surface area contributed by atoms with E-state index in [9.17, 15) is 19.2 Å². The predicted octanol–water partition coefficient (Wildman–Crippen LogP) is 1.58. The number of piperidine rings is 1. The SMILES string of the molecule is COC(=O)CN(C)C(=O)C1CCCN1C[C@H](C(C)C)N(C)C(=O)[C@@H](NC(=O)C1CCCCN1C)C(C)(C)C. The first-order chi connectivity index (χ1) is 17.7. The van der Waals surface area contributed by atoms with E-state index < -0.39 is 17.4 Å². The van der Waals surface area contributed by atoms with Crippen molar-refractivity contribution in [1.29, 1.82) is 0 Å². The van der Waals surface area contributed by atoms with Crippen molar-refractivity contribution < 1.29 is 23.9 Å². The smallest absolute Gasteiger partial charge is 0.325 e. The minimum absolute atomic E-state index is 0.0885. The van der Waals surface area contributed by atoms with Crippen LogP contribution in [0, 0.1) is 11.3 Å². The molecule has 2 aliphatic heterocycles. The standard InChI is InChI=1S/C28H51N5O5/c1-19(2)22(17-33-16-12-14-21(33)26(36)31(7)18-23(34)38-9)32(8)27(37)24(28(3,4)5)29-25(35)20-13-10-11-15-30(20)6/h19-22,24H,10-18H2,1-9H3,(H,29,35)/t20?,21?,22-,24-/m1/s1. The average Bonchev–Trinajstić information content (AvgIpc) is 3.31. The highest BCUT2D eigenvalue weighted by Gasteiger charge is 2.41. The van der Waals surface area contributed by atoms with Gasteiger partial charge in [-0.05, 0) is 57.2 Å². The summed E-state index contributed by atoms with van der Waals surface area (Å²) in [6, 6.07) is -1.37. The molecule has 2 unspecified atom stereocenters. The zero-order valence-corrected chi connectivity index (χ0v) is 25.1. The van der Waals surface area contributed by atoms with Crippen LogP contribution in [0.3, 0.4) is 0 Å². The molecule has 2 saturated heterocycles. The Morgan fingerprint density at radius 1 is 1.00 bits per heavy atom. The maximum Gasteiger partial charge on any atom is 0.325 e. The van der Waals surface area contributed by atoms with Gasteiger partial charge in [0, 0.05) is 26.7 Å². The number of carbonyl (C=O) groups is 4. The molecule has 2 fully saturated rings. The number of likely N-dealkylation sites (N-methyl/N-ethyl adjacent to an activating group) is 3. The molecule has 0 bridgehead atoms. The van der Waals surface area contributed by atoms with Gasteiger partial charge in [0.05, 0.1) is 19.2 Å². The first-order valence-corrected chi connectivity index (χ1v) is 14.0. The molecule has 0 aromatic carbocycles. The molecule has 0 aliphatic carbocycles. The minimum atomic E-state index is -0.668. The quantitative estimate of drug-likeness (QED) is 0.422. The Bertz CT molecular complexity index is 842. The van der Waals surface area contributed by atoms with Crippen molar-refractivity contribution in [3.8, 4) is 0 Å². The number of rotatable bonds is 10. The van der Waals surface area contributed by atoms with E-state index >= 15 is 0 Å². The van der Waals surface area contributed by atoms with Gasteiger partial charge in [-0.25, -0.2) is 0 Å². The number of ether oxygens (including phenoxy) is 1. The molecule has 0 aromatic rings. The highest BCUT2D eigenvalue weighted by Crippen LogP contribution is 2.26. The summed E-state index contributed by atoms with van der Waals surface area (Å²) in [5, 5.41) is 3.10. The Kier molecular flexibility index (Phi) is 11.6. The lowest BCUT2D eigenvalue weighted by atomic mass is 9.84. The van der Waals surface area contributed by atoms with E-state index in [4.69, 9.17) is 4.74 Å². The molecule has 4 atom stereocenters. The molecular weight excluding hydrogens is 486 g/mol. The van der Waals surface area contributed by atoms with Gasteiger partial charge in [0.15, 0.2) is 0 Å². The molecular formula is C28H51N5O5. The fourth-order valence-corrected chi connectivity index (χ4v) is 5.60. The molecule has 2 aliphatic rings. The summed E-state index contributed by atoms with van der Waals surface area (Å²) in [4.78, 5) is 59.4. The summed E-state index contributed by atoms with van der Waals surface area (Å²) < 4.78 is 4.71. The van der Waals surface area contributed by atoms with Gasteiger partial charge < -0.3 is 19.9 Å². The van der Waals surface area contributed by atoms with Crippen LogP contribution in [-0.2, 0) is 23.9 Å². The Morgan fingerprint density at radius 3 is 2.18 bits per heavy atom. The van der Waals surface area contributed by atoms with Crippen molar-refractivity contribution in [2.24, 2.45) is 11.3 Å². The zero-order valence-electron chi connectivity index (χ0n) is 25.1. The summed E-state index contributed by atoms with van der Waals surface area (Å²) in [7, 11) is 6.70. The number of amides is 3. The number of methoxy groups -OCH3 is 1. The molecule has 2 heterocycles. The molecule has 0 spiro atoms. The molecule has 0 saturated carbocycles. The van der Waals surface area contributed by atoms with Crippen molar-refractivity contribution in [2.45, 2.75) is 90.9 Å². The third-order valence-electron chi connectivity index (χ3n) is 8.13. The summed E-state index contributed by atoms with van der Waals surface area (Å²) in [5.74, 6) is -0.637. The number of esters is 1. The molecule has 1 N–H and O–H groups in total. The van der Waals surface area contributed by atoms with E-state index in [2.05, 4.69) is 29.0 Å². The molecule has 38 heavy (non-hydrogen) atoms. The van der Waals surface area contributed by atoms with Gasteiger partial charge in [0.2, 0.25) is 17.7 Å². The summed E-state index contributed by atoms with van der Waals surface area (Å²) in [6.45, 7) is 12.2. The lowest BCUT2D eigenvalue weighted by Gasteiger charge is -2.41. The second-order valence-electron chi connectivity index (χ2n) is 12.5. The number of likely N-dealkylation sites (tertiary alicyclic amines) is 2. The first-order valence-electron chi connectivity index (χ1n) is 14.0. The van der Waals surface area contributed by atoms with E-state index in [-0.39, 0.29) is 48.3 Å². The average molecular weight is 538 g/mol. The Hall–Kier alpha value is -2.20. The van der Waals surface area contributed by atoms with Crippen molar-refractivity contribution in [3.63, 3.8) is 0 Å². The van der Waals surface area contributed by atoms with E-state index in [0.29, 0.717) is 13.0 Å². The highest BCUT2D eigenvalue weighted by molar-refractivity contribution is 5.90. The summed E-state index contributed by atoms with van der Waals surface area (Å²) in [5.41, 5.74) is -0.474. The van der Waals surface area contributed by atoms with Crippen molar-refractivity contribution in [2.75, 3.05) is 54.4 Å². The molecule has 10 heteroatoms. The van der Waals surface area contributed by atoms with Crippen LogP contribution in [0.1, 0.15) is 66.7 Å². The zero-order chi connectivity index (χ0) is 28.8. The lowest BCUT2D eigenvalue weighted by Crippen LogP contribution is -2.61. The van der Waals surface area contributed by atoms with E-state index in [1.165, 1.54) is 12.0 Å². The number of hydrogen-bond acceptors (Lipinski definition) is 7. The Morgan fingerprint density at radius 2 is 1.63 bits per heavy atom. The van der Waals surface area contributed by atoms with Crippen LogP contribution < -0.4 is 5.32 Å². The van der Waals surface area contributed by atoms with Crippen LogP contribution in [-0.4, -0.2) is 122 Å². The fourth-order valence-electron chi connectivity index (χ4n) is 5.60. The van der Waals surface area contributed by atoms with Gasteiger partial charge in [-0.3, -0.25) is 29.0 Å². The molecule has 2 rings (SSSR count). The predicted molar refractivity (Wildman–Crippen MR) is 147 cm³/mol. The van der Waals surface area contributed by atoms with Crippen molar-refractivity contribution in [3.05, 3.63) is 0 Å². The van der Waals surface area contributed by atoms with Crippen LogP contribution in [0.4, 0.5) is 0 Å². The third-order valence-corrected chi connectivity index (χ3v) is 8.13. The molecule has 0 radical (unpaired) electrons. The number of hydrogen-bond donors (Lipinski definition) is 1. The normalized spacial score (nSPS) is 22.6. The lowest BCUT2D eigenvalue weighted by molar-refractivity contribution is -0.148. The van der Waals surface area contributed by atoms with Gasteiger partial charge in [-0.2, -0.15) is 0 Å². The van der Waals surface area contributed by atoms with Crippen LogP contribution >= 0.6 is 0 Å². The second-order valence-corrected chi connectivity index (χ2v) is 12.5. The number of nitrogens with zero attached hydrogens (tertiary/aromatic N) is 4. The van der Waals surface area contributed by atoms with E-state index in [1.807, 2.05) is 27.8 Å². The van der Waals surface area contributed by atoms with Crippen LogP contribution in [0.25, 0.3) is 0 Å². The van der Waals surface area contributed by atoms with Crippen molar-refractivity contribution >= 4 is 23.7 Å². The van der Waals surface area contributed by atoms with Gasteiger partial charge in [-0.1, -0.05) is 41.0 Å². The van der Waals surface area contributed by atoms with E-state index in [0.717, 1.165) is 38.8 Å². The third kappa shape index (κ3) is 8.15. The first kappa shape index (κ1) is 32.0. The number of carbonyl (C=O) groups excluding carboxylic acids is 4. The van der Waals surface area contributed by atoms with E-state index in [1.54, 1.807) is 19.0 Å². The maximum atomic E-state index is 13.9. The topological polar surface area (TPSA) is 102 Å². The molecule has 218 valence electrons. The molecule has 0 aromatic heterocycles. The number of nitrogens with one attached hydrogen (secondary N) is 1. The summed E-state index contributed by atoms with van der Waals surface area (Å²) in [6.07, 6.45) is 4.48. The molecule has 3 amide bonds. The highest BCUT2D eigenvalue weighted by atomic mass is 16.5. The second kappa shape index (κ2) is 13.7. The van der Waals surface area contributed by atoms with Gasteiger partial charge in [0.25, 0.3) is 0 Å². The van der Waals surface area contributed by atoms with Gasteiger partial charge >= 0.3 is 5.97 Å². The van der Waals surface area contributed by atoms with Crippen LogP contribution in [0.15, 0.2) is 0 Å². The van der Waals surface area contributed by atoms with Gasteiger partial charge in [0.1, 0.15) is 12.6 Å². The van der Waals surface area contributed by atoms with Crippen LogP contribution in [0.2, 0.25) is 0 Å². The fraction of sp³-hybridized carbons (Fsp3) is 0.857. The molecule has 10 nitrogen and oxygen atoms in total. The summed E-state index contributed by atoms with van der Waals surface area (Å²) >= 11 is 0. The van der Waals surface area contributed by atoms with Gasteiger partial charge in [-0.15, -0.1) is 0 Å². The van der Waals surface area contributed by atoms with Crippen molar-refractivity contribution in [1.82, 2.24) is 24.9 Å². The largest absolute Gasteiger partial charge is 0.468 e. The maximum absolute atomic E-state index is 13.9. The van der Waals surface area contributed by atoms with Crippen LogP contribution in [0.5, 0.6) is 0 Å². The monoisotopic (exact) mass is 537 g/mol. The minimum Gasteiger partial charge on any atom is -0.468 e.